The zero-order valence-electron chi connectivity index (χ0n) is 15.7. The second kappa shape index (κ2) is 13.2. The van der Waals surface area contributed by atoms with Crippen LogP contribution in [-0.4, -0.2) is 35.4 Å². The molecular weight excluding hydrogens is 310 g/mol. The molecule has 0 aliphatic carbocycles. The van der Waals surface area contributed by atoms with Gasteiger partial charge in [0.15, 0.2) is 0 Å². The summed E-state index contributed by atoms with van der Waals surface area (Å²) in [7, 11) is 0. The van der Waals surface area contributed by atoms with E-state index in [4.69, 9.17) is 14.7 Å². The molecule has 0 saturated heterocycles. The van der Waals surface area contributed by atoms with Crippen molar-refractivity contribution in [3.05, 3.63) is 0 Å². The van der Waals surface area contributed by atoms with Gasteiger partial charge in [0, 0.05) is 6.61 Å². The Hall–Kier alpha value is -1.14. The summed E-state index contributed by atoms with van der Waals surface area (Å²) in [5.41, 5.74) is -0.213. The van der Waals surface area contributed by atoms with Crippen LogP contribution < -0.4 is 5.48 Å². The standard InChI is InChI=1S/C18H35NO5/c1-5-7-8-9-10-11-12-13-14-18(23-6-2,16(20)19-22)17(21)24-15(3)4/h15,22H,5-14H2,1-4H3,(H,19,20). The highest BCUT2D eigenvalue weighted by atomic mass is 16.6. The molecule has 0 aromatic carbocycles. The summed E-state index contributed by atoms with van der Waals surface area (Å²) >= 11 is 0. The van der Waals surface area contributed by atoms with E-state index in [1.54, 1.807) is 26.3 Å². The highest BCUT2D eigenvalue weighted by Gasteiger charge is 2.48. The summed E-state index contributed by atoms with van der Waals surface area (Å²) < 4.78 is 10.6. The van der Waals surface area contributed by atoms with Gasteiger partial charge in [0.05, 0.1) is 6.10 Å². The van der Waals surface area contributed by atoms with Crippen molar-refractivity contribution in [2.75, 3.05) is 6.61 Å². The van der Waals surface area contributed by atoms with Gasteiger partial charge in [-0.15, -0.1) is 0 Å². The monoisotopic (exact) mass is 345 g/mol. The molecule has 24 heavy (non-hydrogen) atoms. The second-order valence-corrected chi connectivity index (χ2v) is 6.38. The Labute approximate surface area is 146 Å². The van der Waals surface area contributed by atoms with Crippen LogP contribution in [0.15, 0.2) is 0 Å². The van der Waals surface area contributed by atoms with Crippen LogP contribution in [0.2, 0.25) is 0 Å². The molecule has 142 valence electrons. The Bertz CT molecular complexity index is 359. The number of nitrogens with one attached hydrogen (secondary N) is 1. The fourth-order valence-corrected chi connectivity index (χ4v) is 2.66. The van der Waals surface area contributed by atoms with Gasteiger partial charge >= 0.3 is 5.97 Å². The van der Waals surface area contributed by atoms with Crippen molar-refractivity contribution in [1.82, 2.24) is 5.48 Å². The largest absolute Gasteiger partial charge is 0.460 e. The normalized spacial score (nSPS) is 13.6. The lowest BCUT2D eigenvalue weighted by Gasteiger charge is -2.29. The van der Waals surface area contributed by atoms with E-state index < -0.39 is 17.5 Å². The van der Waals surface area contributed by atoms with Crippen molar-refractivity contribution in [2.45, 2.75) is 97.2 Å². The van der Waals surface area contributed by atoms with E-state index in [0.717, 1.165) is 19.3 Å². The maximum Gasteiger partial charge on any atom is 0.348 e. The van der Waals surface area contributed by atoms with E-state index in [1.807, 2.05) is 0 Å². The molecule has 0 radical (unpaired) electrons. The molecule has 6 nitrogen and oxygen atoms in total. The Morgan fingerprint density at radius 3 is 2.00 bits per heavy atom. The van der Waals surface area contributed by atoms with Crippen LogP contribution in [0, 0.1) is 0 Å². The number of amides is 1. The first-order valence-corrected chi connectivity index (χ1v) is 9.24. The molecule has 1 unspecified atom stereocenters. The van der Waals surface area contributed by atoms with Gasteiger partial charge in [-0.3, -0.25) is 10.0 Å². The first-order valence-electron chi connectivity index (χ1n) is 9.24. The molecule has 0 bridgehead atoms. The van der Waals surface area contributed by atoms with Crippen LogP contribution in [-0.2, 0) is 19.1 Å². The molecule has 0 aromatic heterocycles. The van der Waals surface area contributed by atoms with Gasteiger partial charge in [0.2, 0.25) is 5.60 Å². The van der Waals surface area contributed by atoms with Gasteiger partial charge in [0.1, 0.15) is 0 Å². The van der Waals surface area contributed by atoms with Gasteiger partial charge in [-0.05, 0) is 33.6 Å². The molecule has 0 heterocycles. The molecule has 0 rings (SSSR count). The minimum Gasteiger partial charge on any atom is -0.460 e. The minimum absolute atomic E-state index is 0.178. The zero-order chi connectivity index (χ0) is 18.4. The molecular formula is C18H35NO5. The molecule has 1 atom stereocenters. The van der Waals surface area contributed by atoms with Crippen LogP contribution in [0.5, 0.6) is 0 Å². The lowest BCUT2D eigenvalue weighted by molar-refractivity contribution is -0.186. The summed E-state index contributed by atoms with van der Waals surface area (Å²) in [5, 5.41) is 9.02. The number of carbonyl (C=O) groups excluding carboxylic acids is 2. The van der Waals surface area contributed by atoms with E-state index in [-0.39, 0.29) is 19.1 Å². The molecule has 6 heteroatoms. The number of hydrogen-bond acceptors (Lipinski definition) is 5. The lowest BCUT2D eigenvalue weighted by Crippen LogP contribution is -2.55. The fourth-order valence-electron chi connectivity index (χ4n) is 2.66. The van der Waals surface area contributed by atoms with Gasteiger partial charge in [-0.1, -0.05) is 51.9 Å². The Kier molecular flexibility index (Phi) is 12.6. The number of ether oxygens (including phenoxy) is 2. The van der Waals surface area contributed by atoms with Crippen molar-refractivity contribution < 1.29 is 24.3 Å². The third-order valence-electron chi connectivity index (χ3n) is 3.91. The fraction of sp³-hybridized carbons (Fsp3) is 0.889. The van der Waals surface area contributed by atoms with Crippen molar-refractivity contribution in [3.8, 4) is 0 Å². The second-order valence-electron chi connectivity index (χ2n) is 6.38. The van der Waals surface area contributed by atoms with Crippen LogP contribution in [0.1, 0.15) is 85.5 Å². The zero-order valence-corrected chi connectivity index (χ0v) is 15.7. The van der Waals surface area contributed by atoms with Crippen LogP contribution in [0.3, 0.4) is 0 Å². The van der Waals surface area contributed by atoms with E-state index in [0.29, 0.717) is 6.42 Å². The number of hydrogen-bond donors (Lipinski definition) is 2. The van der Waals surface area contributed by atoms with Crippen LogP contribution in [0.25, 0.3) is 0 Å². The maximum absolute atomic E-state index is 12.4. The molecule has 0 aliphatic heterocycles. The van der Waals surface area contributed by atoms with E-state index >= 15 is 0 Å². The van der Waals surface area contributed by atoms with E-state index in [1.165, 1.54) is 25.7 Å². The summed E-state index contributed by atoms with van der Waals surface area (Å²) in [6, 6.07) is 0. The molecule has 0 aliphatic rings. The number of hydroxylamine groups is 1. The molecule has 0 spiro atoms. The first kappa shape index (κ1) is 22.9. The first-order chi connectivity index (χ1) is 11.4. The molecule has 0 saturated carbocycles. The van der Waals surface area contributed by atoms with E-state index in [2.05, 4.69) is 6.92 Å². The average molecular weight is 345 g/mol. The lowest BCUT2D eigenvalue weighted by atomic mass is 9.94. The summed E-state index contributed by atoms with van der Waals surface area (Å²) in [6.45, 7) is 7.49. The Morgan fingerprint density at radius 1 is 1.00 bits per heavy atom. The number of esters is 1. The molecule has 2 N–H and O–H groups in total. The van der Waals surface area contributed by atoms with Crippen molar-refractivity contribution in [1.29, 1.82) is 0 Å². The molecule has 0 fully saturated rings. The SMILES string of the molecule is CCCCCCCCCCC(OCC)(C(=O)NO)C(=O)OC(C)C. The number of rotatable bonds is 14. The maximum atomic E-state index is 12.4. The number of carbonyl (C=O) groups is 2. The van der Waals surface area contributed by atoms with Crippen molar-refractivity contribution >= 4 is 11.9 Å². The molecule has 0 aromatic rings. The van der Waals surface area contributed by atoms with Gasteiger partial charge in [-0.25, -0.2) is 10.3 Å². The third kappa shape index (κ3) is 8.11. The quantitative estimate of drug-likeness (QED) is 0.165. The summed E-state index contributed by atoms with van der Waals surface area (Å²) in [4.78, 5) is 24.5. The third-order valence-corrected chi connectivity index (χ3v) is 3.91. The summed E-state index contributed by atoms with van der Waals surface area (Å²) in [6.07, 6.45) is 8.61. The minimum atomic E-state index is -1.77. The van der Waals surface area contributed by atoms with Crippen LogP contribution in [0.4, 0.5) is 0 Å². The van der Waals surface area contributed by atoms with Gasteiger partial charge in [-0.2, -0.15) is 0 Å². The Balaban J connectivity index is 4.59. The van der Waals surface area contributed by atoms with E-state index in [9.17, 15) is 9.59 Å². The number of unbranched alkanes of at least 4 members (excludes halogenated alkanes) is 7. The summed E-state index contributed by atoms with van der Waals surface area (Å²) in [5.74, 6) is -1.60. The predicted octanol–water partition coefficient (Wildman–Crippen LogP) is 3.75. The smallest absolute Gasteiger partial charge is 0.348 e. The highest BCUT2D eigenvalue weighted by Crippen LogP contribution is 2.24. The highest BCUT2D eigenvalue weighted by molar-refractivity contribution is 6.05. The van der Waals surface area contributed by atoms with Gasteiger partial charge < -0.3 is 9.47 Å². The van der Waals surface area contributed by atoms with Crippen molar-refractivity contribution in [2.24, 2.45) is 0 Å². The molecule has 1 amide bonds. The van der Waals surface area contributed by atoms with Crippen molar-refractivity contribution in [3.63, 3.8) is 0 Å². The van der Waals surface area contributed by atoms with Gasteiger partial charge in [0.25, 0.3) is 5.91 Å². The average Bonchev–Trinajstić information content (AvgIpc) is 2.54. The van der Waals surface area contributed by atoms with Crippen LogP contribution >= 0.6 is 0 Å². The predicted molar refractivity (Wildman–Crippen MR) is 92.7 cm³/mol. The topological polar surface area (TPSA) is 84.9 Å². The Morgan fingerprint density at radius 2 is 1.54 bits per heavy atom.